The number of benzene rings is 3. The standard InChI is InChI=1S/C23H15NO2/c25-22(18-13-11-17(12-14-18)21-10-3-4-15-24-21)23(26)20-9-5-7-16-6-1-2-8-19(16)20/h1-15H. The van der Waals surface area contributed by atoms with E-state index in [2.05, 4.69) is 4.98 Å². The number of rotatable bonds is 4. The first-order chi connectivity index (χ1) is 12.7. The van der Waals surface area contributed by atoms with Crippen molar-refractivity contribution in [2.24, 2.45) is 0 Å². The van der Waals surface area contributed by atoms with Crippen LogP contribution in [0.25, 0.3) is 22.0 Å². The third-order valence-electron chi connectivity index (χ3n) is 4.35. The molecule has 0 unspecified atom stereocenters. The number of carbonyl (C=O) groups excluding carboxylic acids is 2. The normalized spacial score (nSPS) is 10.6. The molecule has 3 nitrogen and oxygen atoms in total. The maximum atomic E-state index is 12.8. The van der Waals surface area contributed by atoms with Gasteiger partial charge in [0.15, 0.2) is 0 Å². The highest BCUT2D eigenvalue weighted by Crippen LogP contribution is 2.22. The van der Waals surface area contributed by atoms with E-state index >= 15 is 0 Å². The molecule has 0 saturated heterocycles. The zero-order valence-corrected chi connectivity index (χ0v) is 13.9. The molecule has 0 spiro atoms. The molecule has 1 aromatic heterocycles. The maximum absolute atomic E-state index is 12.8. The van der Waals surface area contributed by atoms with Crippen LogP contribution in [0.2, 0.25) is 0 Å². The minimum atomic E-state index is -0.506. The van der Waals surface area contributed by atoms with Gasteiger partial charge in [-0.25, -0.2) is 0 Å². The fraction of sp³-hybridized carbons (Fsp3) is 0. The van der Waals surface area contributed by atoms with Gasteiger partial charge >= 0.3 is 0 Å². The van der Waals surface area contributed by atoms with Crippen molar-refractivity contribution in [1.29, 1.82) is 0 Å². The van der Waals surface area contributed by atoms with Gasteiger partial charge in [-0.15, -0.1) is 0 Å². The Kier molecular flexibility index (Phi) is 4.12. The summed E-state index contributed by atoms with van der Waals surface area (Å²) in [6, 6.07) is 25.6. The van der Waals surface area contributed by atoms with E-state index in [-0.39, 0.29) is 0 Å². The van der Waals surface area contributed by atoms with Crippen LogP contribution in [0.1, 0.15) is 20.7 Å². The molecular formula is C23H15NO2. The molecule has 124 valence electrons. The molecule has 0 fully saturated rings. The molecule has 0 N–H and O–H groups in total. The average molecular weight is 337 g/mol. The summed E-state index contributed by atoms with van der Waals surface area (Å²) in [5.74, 6) is -0.999. The zero-order chi connectivity index (χ0) is 17.9. The SMILES string of the molecule is O=C(C(=O)c1cccc2ccccc12)c1ccc(-c2ccccn2)cc1. The van der Waals surface area contributed by atoms with Gasteiger partial charge in [0, 0.05) is 22.9 Å². The van der Waals surface area contributed by atoms with Crippen LogP contribution in [0.5, 0.6) is 0 Å². The molecule has 0 amide bonds. The fourth-order valence-corrected chi connectivity index (χ4v) is 3.00. The number of aromatic nitrogens is 1. The van der Waals surface area contributed by atoms with Crippen LogP contribution in [0.15, 0.2) is 91.1 Å². The molecule has 0 aliphatic heterocycles. The first-order valence-corrected chi connectivity index (χ1v) is 8.32. The second kappa shape index (κ2) is 6.73. The van der Waals surface area contributed by atoms with Gasteiger partial charge in [0.05, 0.1) is 5.69 Å². The van der Waals surface area contributed by atoms with E-state index in [1.54, 1.807) is 30.5 Å². The smallest absolute Gasteiger partial charge is 0.234 e. The Hall–Kier alpha value is -3.59. The number of nitrogens with zero attached hydrogens (tertiary/aromatic N) is 1. The zero-order valence-electron chi connectivity index (χ0n) is 13.9. The Morgan fingerprint density at radius 1 is 0.654 bits per heavy atom. The summed E-state index contributed by atoms with van der Waals surface area (Å²) < 4.78 is 0. The third-order valence-corrected chi connectivity index (χ3v) is 4.35. The van der Waals surface area contributed by atoms with E-state index < -0.39 is 11.6 Å². The van der Waals surface area contributed by atoms with Crippen LogP contribution in [0.4, 0.5) is 0 Å². The maximum Gasteiger partial charge on any atom is 0.234 e. The summed E-state index contributed by atoms with van der Waals surface area (Å²) in [5, 5.41) is 1.73. The van der Waals surface area contributed by atoms with E-state index in [9.17, 15) is 9.59 Å². The molecule has 1 heterocycles. The number of hydrogen-bond acceptors (Lipinski definition) is 3. The molecule has 0 bridgehead atoms. The lowest BCUT2D eigenvalue weighted by atomic mass is 9.96. The summed E-state index contributed by atoms with van der Waals surface area (Å²) in [6.45, 7) is 0. The van der Waals surface area contributed by atoms with Crippen LogP contribution in [0, 0.1) is 0 Å². The quantitative estimate of drug-likeness (QED) is 0.390. The predicted octanol–water partition coefficient (Wildman–Crippen LogP) is 4.97. The highest BCUT2D eigenvalue weighted by molar-refractivity contribution is 6.50. The van der Waals surface area contributed by atoms with Crippen molar-refractivity contribution >= 4 is 22.3 Å². The minimum Gasteiger partial charge on any atom is -0.285 e. The molecule has 0 atom stereocenters. The second-order valence-corrected chi connectivity index (χ2v) is 5.98. The number of Topliss-reactive ketones (excluding diaryl/α,β-unsaturated/α-hetero) is 2. The van der Waals surface area contributed by atoms with Gasteiger partial charge in [0.25, 0.3) is 0 Å². The van der Waals surface area contributed by atoms with Crippen LogP contribution >= 0.6 is 0 Å². The van der Waals surface area contributed by atoms with Gasteiger partial charge in [-0.3, -0.25) is 14.6 Å². The largest absolute Gasteiger partial charge is 0.285 e. The van der Waals surface area contributed by atoms with Crippen LogP contribution in [-0.4, -0.2) is 16.6 Å². The first-order valence-electron chi connectivity index (χ1n) is 8.32. The number of hydrogen-bond donors (Lipinski definition) is 0. The third kappa shape index (κ3) is 2.91. The lowest BCUT2D eigenvalue weighted by molar-refractivity contribution is 0.0818. The van der Waals surface area contributed by atoms with Gasteiger partial charge in [0.1, 0.15) is 0 Å². The van der Waals surface area contributed by atoms with E-state index in [1.165, 1.54) is 0 Å². The van der Waals surface area contributed by atoms with E-state index in [1.807, 2.05) is 60.7 Å². The Balaban J connectivity index is 1.66. The van der Waals surface area contributed by atoms with Crippen molar-refractivity contribution in [2.45, 2.75) is 0 Å². The molecule has 4 aromatic rings. The molecule has 3 heteroatoms. The van der Waals surface area contributed by atoms with Gasteiger partial charge in [-0.1, -0.05) is 72.8 Å². The van der Waals surface area contributed by atoms with Crippen molar-refractivity contribution in [2.75, 3.05) is 0 Å². The van der Waals surface area contributed by atoms with Gasteiger partial charge in [0.2, 0.25) is 11.6 Å². The molecular weight excluding hydrogens is 322 g/mol. The number of carbonyl (C=O) groups is 2. The molecule has 4 rings (SSSR count). The van der Waals surface area contributed by atoms with Gasteiger partial charge in [-0.2, -0.15) is 0 Å². The number of ketones is 2. The van der Waals surface area contributed by atoms with Crippen molar-refractivity contribution < 1.29 is 9.59 Å². The first kappa shape index (κ1) is 15.9. The summed E-state index contributed by atoms with van der Waals surface area (Å²) in [4.78, 5) is 29.7. The minimum absolute atomic E-state index is 0.377. The Morgan fingerprint density at radius 3 is 2.15 bits per heavy atom. The Bertz CT molecular complexity index is 1090. The summed E-state index contributed by atoms with van der Waals surface area (Å²) in [5.41, 5.74) is 2.54. The Labute approximate surface area is 150 Å². The molecule has 0 aliphatic rings. The summed E-state index contributed by atoms with van der Waals surface area (Å²) >= 11 is 0. The van der Waals surface area contributed by atoms with E-state index in [0.29, 0.717) is 11.1 Å². The van der Waals surface area contributed by atoms with Crippen LogP contribution < -0.4 is 0 Å². The summed E-state index contributed by atoms with van der Waals surface area (Å²) in [6.07, 6.45) is 1.72. The molecule has 0 aliphatic carbocycles. The second-order valence-electron chi connectivity index (χ2n) is 5.98. The lowest BCUT2D eigenvalue weighted by Gasteiger charge is -2.06. The van der Waals surface area contributed by atoms with Crippen molar-refractivity contribution in [3.63, 3.8) is 0 Å². The van der Waals surface area contributed by atoms with Crippen molar-refractivity contribution in [1.82, 2.24) is 4.98 Å². The average Bonchev–Trinajstić information content (AvgIpc) is 2.73. The molecule has 26 heavy (non-hydrogen) atoms. The molecule has 0 saturated carbocycles. The topological polar surface area (TPSA) is 47.0 Å². The molecule has 0 radical (unpaired) electrons. The van der Waals surface area contributed by atoms with E-state index in [0.717, 1.165) is 22.0 Å². The number of fused-ring (bicyclic) bond motifs is 1. The fourth-order valence-electron chi connectivity index (χ4n) is 3.00. The Morgan fingerprint density at radius 2 is 1.38 bits per heavy atom. The van der Waals surface area contributed by atoms with Crippen LogP contribution in [0.3, 0.4) is 0 Å². The van der Waals surface area contributed by atoms with Gasteiger partial charge < -0.3 is 0 Å². The summed E-state index contributed by atoms with van der Waals surface area (Å²) in [7, 11) is 0. The van der Waals surface area contributed by atoms with Crippen molar-refractivity contribution in [3.8, 4) is 11.3 Å². The van der Waals surface area contributed by atoms with Gasteiger partial charge in [-0.05, 0) is 22.9 Å². The van der Waals surface area contributed by atoms with E-state index in [4.69, 9.17) is 0 Å². The predicted molar refractivity (Wildman–Crippen MR) is 102 cm³/mol. The highest BCUT2D eigenvalue weighted by atomic mass is 16.2. The highest BCUT2D eigenvalue weighted by Gasteiger charge is 2.20. The monoisotopic (exact) mass is 337 g/mol. The lowest BCUT2D eigenvalue weighted by Crippen LogP contribution is -2.14. The van der Waals surface area contributed by atoms with Crippen molar-refractivity contribution in [3.05, 3.63) is 102 Å². The molecule has 3 aromatic carbocycles. The number of pyridine rings is 1. The van der Waals surface area contributed by atoms with Crippen LogP contribution in [-0.2, 0) is 0 Å².